The molecule has 0 saturated heterocycles. The molecule has 0 bridgehead atoms. The predicted molar refractivity (Wildman–Crippen MR) is 95.1 cm³/mol. The van der Waals surface area contributed by atoms with Crippen LogP contribution in [0.2, 0.25) is 0 Å². The molecule has 0 aliphatic heterocycles. The minimum atomic E-state index is -0.271. The molecule has 0 saturated carbocycles. The molecule has 1 heterocycles. The van der Waals surface area contributed by atoms with Crippen molar-refractivity contribution in [1.29, 1.82) is 0 Å². The Balaban J connectivity index is 1.71. The van der Waals surface area contributed by atoms with Gasteiger partial charge in [-0.05, 0) is 35.4 Å². The van der Waals surface area contributed by atoms with Gasteiger partial charge in [-0.15, -0.1) is 0 Å². The van der Waals surface area contributed by atoms with Crippen LogP contribution >= 0.6 is 15.9 Å². The summed E-state index contributed by atoms with van der Waals surface area (Å²) >= 11 is 3.54. The van der Waals surface area contributed by atoms with E-state index in [0.29, 0.717) is 30.6 Å². The highest BCUT2D eigenvalue weighted by atomic mass is 79.9. The van der Waals surface area contributed by atoms with Crippen molar-refractivity contribution in [3.05, 3.63) is 64.1 Å². The first-order valence-electron chi connectivity index (χ1n) is 7.48. The number of nitrogens with one attached hydrogen (secondary N) is 2. The summed E-state index contributed by atoms with van der Waals surface area (Å²) in [6, 6.07) is 9.92. The smallest absolute Gasteiger partial charge is 0.218 e. The van der Waals surface area contributed by atoms with E-state index in [0.717, 1.165) is 15.6 Å². The van der Waals surface area contributed by atoms with Crippen LogP contribution in [0.5, 0.6) is 11.5 Å². The van der Waals surface area contributed by atoms with Crippen molar-refractivity contribution in [1.82, 2.24) is 15.2 Å². The van der Waals surface area contributed by atoms with Crippen LogP contribution in [-0.4, -0.2) is 22.3 Å². The van der Waals surface area contributed by atoms with Gasteiger partial charge >= 0.3 is 0 Å². The first kappa shape index (κ1) is 17.2. The Morgan fingerprint density at radius 2 is 2.00 bits per heavy atom. The number of hydrogen-bond donors (Lipinski definition) is 2. The Morgan fingerprint density at radius 3 is 2.68 bits per heavy atom. The molecule has 3 rings (SSSR count). The molecule has 3 aromatic rings. The van der Waals surface area contributed by atoms with Crippen LogP contribution in [0.25, 0.3) is 0 Å². The van der Waals surface area contributed by atoms with Crippen molar-refractivity contribution in [3.8, 4) is 11.5 Å². The maximum Gasteiger partial charge on any atom is 0.218 e. The van der Waals surface area contributed by atoms with E-state index in [-0.39, 0.29) is 5.82 Å². The standard InChI is InChI=1S/C17H16BrFN4O2/c1-24-15-6-12(8-20-17-21-10-22-23-17)14(18)7-16(15)25-9-11-2-4-13(19)5-3-11/h2-7,10H,8-9H2,1H3,(H2,20,21,22,23). The van der Waals surface area contributed by atoms with Gasteiger partial charge in [0.15, 0.2) is 11.5 Å². The summed E-state index contributed by atoms with van der Waals surface area (Å²) in [6.45, 7) is 0.850. The summed E-state index contributed by atoms with van der Waals surface area (Å²) in [5.41, 5.74) is 1.85. The van der Waals surface area contributed by atoms with Gasteiger partial charge in [-0.2, -0.15) is 5.10 Å². The number of rotatable bonds is 7. The molecule has 0 aliphatic rings. The summed E-state index contributed by atoms with van der Waals surface area (Å²) in [5.74, 6) is 1.52. The lowest BCUT2D eigenvalue weighted by Crippen LogP contribution is -2.04. The third-order valence-corrected chi connectivity index (χ3v) is 4.24. The third-order valence-electron chi connectivity index (χ3n) is 3.50. The molecular weight excluding hydrogens is 391 g/mol. The zero-order valence-electron chi connectivity index (χ0n) is 13.4. The molecule has 8 heteroatoms. The minimum absolute atomic E-state index is 0.271. The normalized spacial score (nSPS) is 10.5. The lowest BCUT2D eigenvalue weighted by Gasteiger charge is -2.14. The second-order valence-electron chi connectivity index (χ2n) is 5.20. The highest BCUT2D eigenvalue weighted by Gasteiger charge is 2.11. The van der Waals surface area contributed by atoms with Gasteiger partial charge in [0, 0.05) is 11.0 Å². The Morgan fingerprint density at radius 1 is 1.20 bits per heavy atom. The van der Waals surface area contributed by atoms with Gasteiger partial charge in [-0.1, -0.05) is 28.1 Å². The number of anilines is 1. The molecule has 6 nitrogen and oxygen atoms in total. The van der Waals surface area contributed by atoms with Crippen molar-refractivity contribution in [2.24, 2.45) is 0 Å². The highest BCUT2D eigenvalue weighted by molar-refractivity contribution is 9.10. The summed E-state index contributed by atoms with van der Waals surface area (Å²) in [7, 11) is 1.58. The zero-order valence-corrected chi connectivity index (χ0v) is 15.0. The molecule has 1 aromatic heterocycles. The van der Waals surface area contributed by atoms with Crippen LogP contribution < -0.4 is 14.8 Å². The Hall–Kier alpha value is -2.61. The quantitative estimate of drug-likeness (QED) is 0.622. The van der Waals surface area contributed by atoms with Crippen LogP contribution in [-0.2, 0) is 13.2 Å². The molecular formula is C17H16BrFN4O2. The molecule has 0 amide bonds. The minimum Gasteiger partial charge on any atom is -0.493 e. The fourth-order valence-corrected chi connectivity index (χ4v) is 2.66. The van der Waals surface area contributed by atoms with Crippen LogP contribution in [0.3, 0.4) is 0 Å². The molecule has 0 atom stereocenters. The van der Waals surface area contributed by atoms with Crippen LogP contribution in [0.15, 0.2) is 47.2 Å². The lowest BCUT2D eigenvalue weighted by molar-refractivity contribution is 0.284. The van der Waals surface area contributed by atoms with Gasteiger partial charge in [-0.3, -0.25) is 0 Å². The zero-order chi connectivity index (χ0) is 17.6. The lowest BCUT2D eigenvalue weighted by atomic mass is 10.2. The van der Waals surface area contributed by atoms with Gasteiger partial charge < -0.3 is 14.8 Å². The van der Waals surface area contributed by atoms with E-state index in [2.05, 4.69) is 36.4 Å². The second kappa shape index (κ2) is 7.98. The van der Waals surface area contributed by atoms with E-state index in [9.17, 15) is 4.39 Å². The molecule has 0 spiro atoms. The van der Waals surface area contributed by atoms with Crippen molar-refractivity contribution in [2.75, 3.05) is 12.4 Å². The maximum atomic E-state index is 13.0. The number of nitrogens with zero attached hydrogens (tertiary/aromatic N) is 2. The molecule has 2 N–H and O–H groups in total. The van der Waals surface area contributed by atoms with E-state index < -0.39 is 0 Å². The van der Waals surface area contributed by atoms with Crippen LogP contribution in [0, 0.1) is 5.82 Å². The second-order valence-corrected chi connectivity index (χ2v) is 6.05. The Kier molecular flexibility index (Phi) is 5.49. The monoisotopic (exact) mass is 406 g/mol. The average Bonchev–Trinajstić information content (AvgIpc) is 3.14. The van der Waals surface area contributed by atoms with Gasteiger partial charge in [0.1, 0.15) is 18.8 Å². The van der Waals surface area contributed by atoms with Crippen molar-refractivity contribution in [3.63, 3.8) is 0 Å². The topological polar surface area (TPSA) is 72.1 Å². The summed E-state index contributed by atoms with van der Waals surface area (Å²) in [5, 5.41) is 9.65. The number of aromatic nitrogens is 3. The number of aromatic amines is 1. The molecule has 0 unspecified atom stereocenters. The van der Waals surface area contributed by atoms with Crippen molar-refractivity contribution in [2.45, 2.75) is 13.2 Å². The summed E-state index contributed by atoms with van der Waals surface area (Å²) in [4.78, 5) is 4.01. The molecule has 0 aliphatic carbocycles. The number of ether oxygens (including phenoxy) is 2. The predicted octanol–water partition coefficient (Wildman–Crippen LogP) is 3.91. The molecule has 2 aromatic carbocycles. The van der Waals surface area contributed by atoms with E-state index >= 15 is 0 Å². The summed E-state index contributed by atoms with van der Waals surface area (Å²) < 4.78 is 25.1. The van der Waals surface area contributed by atoms with Gasteiger partial charge in [-0.25, -0.2) is 14.5 Å². The van der Waals surface area contributed by atoms with E-state index in [1.54, 1.807) is 19.2 Å². The largest absolute Gasteiger partial charge is 0.493 e. The Labute approximate surface area is 152 Å². The van der Waals surface area contributed by atoms with Gasteiger partial charge in [0.25, 0.3) is 0 Å². The summed E-state index contributed by atoms with van der Waals surface area (Å²) in [6.07, 6.45) is 1.43. The first-order valence-corrected chi connectivity index (χ1v) is 8.28. The number of H-pyrrole nitrogens is 1. The Bertz CT molecular complexity index is 825. The highest BCUT2D eigenvalue weighted by Crippen LogP contribution is 2.34. The van der Waals surface area contributed by atoms with Gasteiger partial charge in [0.05, 0.1) is 7.11 Å². The average molecular weight is 407 g/mol. The fourth-order valence-electron chi connectivity index (χ4n) is 2.20. The van der Waals surface area contributed by atoms with E-state index in [4.69, 9.17) is 9.47 Å². The molecule has 0 fully saturated rings. The third kappa shape index (κ3) is 4.48. The van der Waals surface area contributed by atoms with E-state index in [1.165, 1.54) is 18.5 Å². The molecule has 25 heavy (non-hydrogen) atoms. The van der Waals surface area contributed by atoms with Crippen molar-refractivity contribution >= 4 is 21.9 Å². The maximum absolute atomic E-state index is 13.0. The number of halogens is 2. The molecule has 0 radical (unpaired) electrons. The first-order chi connectivity index (χ1) is 12.2. The number of methoxy groups -OCH3 is 1. The molecule has 130 valence electrons. The van der Waals surface area contributed by atoms with Gasteiger partial charge in [0.2, 0.25) is 5.95 Å². The van der Waals surface area contributed by atoms with E-state index in [1.807, 2.05) is 12.1 Å². The van der Waals surface area contributed by atoms with Crippen molar-refractivity contribution < 1.29 is 13.9 Å². The SMILES string of the molecule is COc1cc(CNc2ncn[nH]2)c(Br)cc1OCc1ccc(F)cc1. The van der Waals surface area contributed by atoms with Crippen LogP contribution in [0.4, 0.5) is 10.3 Å². The number of benzene rings is 2. The fraction of sp³-hybridized carbons (Fsp3) is 0.176. The van der Waals surface area contributed by atoms with Crippen LogP contribution in [0.1, 0.15) is 11.1 Å². The number of hydrogen-bond acceptors (Lipinski definition) is 5.